The zero-order valence-electron chi connectivity index (χ0n) is 14.5. The average Bonchev–Trinajstić information content (AvgIpc) is 2.55. The molecule has 0 radical (unpaired) electrons. The lowest BCUT2D eigenvalue weighted by molar-refractivity contribution is -0.124. The molecule has 1 heterocycles. The van der Waals surface area contributed by atoms with Crippen molar-refractivity contribution in [3.63, 3.8) is 0 Å². The standard InChI is InChI=1S/C19H29FN2O/c1-14-8-10-22(11-9-14)16(3)13-21-19(23)15(2)12-17-6-4-5-7-18(17)20/h4-7,14-16H,8-13H2,1-3H3,(H,21,23). The molecule has 2 atom stereocenters. The van der Waals surface area contributed by atoms with Gasteiger partial charge in [0, 0.05) is 18.5 Å². The molecule has 0 bridgehead atoms. The topological polar surface area (TPSA) is 32.3 Å². The van der Waals surface area contributed by atoms with Crippen molar-refractivity contribution in [3.05, 3.63) is 35.6 Å². The smallest absolute Gasteiger partial charge is 0.223 e. The van der Waals surface area contributed by atoms with E-state index >= 15 is 0 Å². The van der Waals surface area contributed by atoms with Crippen LogP contribution < -0.4 is 5.32 Å². The largest absolute Gasteiger partial charge is 0.354 e. The Bertz CT molecular complexity index is 512. The molecule has 1 amide bonds. The third-order valence-corrected chi connectivity index (χ3v) is 4.94. The fourth-order valence-corrected chi connectivity index (χ4v) is 3.11. The molecular formula is C19H29FN2O. The molecule has 1 saturated heterocycles. The molecule has 128 valence electrons. The van der Waals surface area contributed by atoms with Crippen LogP contribution in [0, 0.1) is 17.7 Å². The summed E-state index contributed by atoms with van der Waals surface area (Å²) in [5.41, 5.74) is 0.605. The summed E-state index contributed by atoms with van der Waals surface area (Å²) in [5.74, 6) is 0.364. The SMILES string of the molecule is CC1CCN(C(C)CNC(=O)C(C)Cc2ccccc2F)CC1. The molecule has 3 nitrogen and oxygen atoms in total. The number of nitrogens with one attached hydrogen (secondary N) is 1. The fourth-order valence-electron chi connectivity index (χ4n) is 3.11. The minimum atomic E-state index is -0.233. The number of benzene rings is 1. The van der Waals surface area contributed by atoms with E-state index in [0.717, 1.165) is 19.0 Å². The molecule has 1 aliphatic rings. The zero-order valence-corrected chi connectivity index (χ0v) is 14.5. The monoisotopic (exact) mass is 320 g/mol. The lowest BCUT2D eigenvalue weighted by Gasteiger charge is -2.35. The molecule has 1 aromatic carbocycles. The highest BCUT2D eigenvalue weighted by Crippen LogP contribution is 2.18. The molecule has 0 aromatic heterocycles. The van der Waals surface area contributed by atoms with E-state index in [4.69, 9.17) is 0 Å². The van der Waals surface area contributed by atoms with Crippen LogP contribution in [0.1, 0.15) is 39.2 Å². The average molecular weight is 320 g/mol. The van der Waals surface area contributed by atoms with Crippen molar-refractivity contribution >= 4 is 5.91 Å². The van der Waals surface area contributed by atoms with E-state index in [2.05, 4.69) is 24.1 Å². The lowest BCUT2D eigenvalue weighted by atomic mass is 9.98. The Hall–Kier alpha value is -1.42. The van der Waals surface area contributed by atoms with Gasteiger partial charge in [-0.15, -0.1) is 0 Å². The van der Waals surface area contributed by atoms with E-state index in [-0.39, 0.29) is 17.6 Å². The van der Waals surface area contributed by atoms with Crippen molar-refractivity contribution in [2.75, 3.05) is 19.6 Å². The molecule has 1 aromatic rings. The van der Waals surface area contributed by atoms with Gasteiger partial charge in [0.25, 0.3) is 0 Å². The minimum Gasteiger partial charge on any atom is -0.354 e. The van der Waals surface area contributed by atoms with Gasteiger partial charge in [0.2, 0.25) is 5.91 Å². The molecule has 1 aliphatic heterocycles. The second-order valence-corrected chi connectivity index (χ2v) is 7.01. The van der Waals surface area contributed by atoms with Crippen molar-refractivity contribution < 1.29 is 9.18 Å². The van der Waals surface area contributed by atoms with Crippen LogP contribution in [-0.4, -0.2) is 36.5 Å². The number of nitrogens with zero attached hydrogens (tertiary/aromatic N) is 1. The summed E-state index contributed by atoms with van der Waals surface area (Å²) < 4.78 is 13.7. The van der Waals surface area contributed by atoms with Gasteiger partial charge in [-0.3, -0.25) is 9.69 Å². The third kappa shape index (κ3) is 5.31. The summed E-state index contributed by atoms with van der Waals surface area (Å²) in [7, 11) is 0. The molecular weight excluding hydrogens is 291 g/mol. The van der Waals surface area contributed by atoms with E-state index in [9.17, 15) is 9.18 Å². The van der Waals surface area contributed by atoms with Crippen LogP contribution >= 0.6 is 0 Å². The highest BCUT2D eigenvalue weighted by Gasteiger charge is 2.21. The van der Waals surface area contributed by atoms with Gasteiger partial charge in [0.15, 0.2) is 0 Å². The molecule has 2 rings (SSSR count). The van der Waals surface area contributed by atoms with Crippen LogP contribution in [0.25, 0.3) is 0 Å². The first kappa shape index (κ1) is 17.9. The maximum atomic E-state index is 13.7. The maximum Gasteiger partial charge on any atom is 0.223 e. The Labute approximate surface area is 139 Å². The van der Waals surface area contributed by atoms with Gasteiger partial charge in [-0.1, -0.05) is 32.0 Å². The second kappa shape index (κ2) is 8.44. The van der Waals surface area contributed by atoms with Crippen LogP contribution in [0.4, 0.5) is 4.39 Å². The summed E-state index contributed by atoms with van der Waals surface area (Å²) in [6.45, 7) is 9.21. The second-order valence-electron chi connectivity index (χ2n) is 7.01. The number of carbonyl (C=O) groups excluding carboxylic acids is 1. The number of likely N-dealkylation sites (tertiary alicyclic amines) is 1. The first-order chi connectivity index (χ1) is 11.0. The molecule has 0 spiro atoms. The summed E-state index contributed by atoms with van der Waals surface area (Å²) in [5, 5.41) is 3.03. The highest BCUT2D eigenvalue weighted by atomic mass is 19.1. The molecule has 0 saturated carbocycles. The van der Waals surface area contributed by atoms with E-state index in [0.29, 0.717) is 24.6 Å². The van der Waals surface area contributed by atoms with Gasteiger partial charge >= 0.3 is 0 Å². The van der Waals surface area contributed by atoms with Gasteiger partial charge in [-0.2, -0.15) is 0 Å². The molecule has 1 N–H and O–H groups in total. The summed E-state index contributed by atoms with van der Waals surface area (Å²) >= 11 is 0. The predicted molar refractivity (Wildman–Crippen MR) is 91.7 cm³/mol. The fraction of sp³-hybridized carbons (Fsp3) is 0.632. The predicted octanol–water partition coefficient (Wildman–Crippen LogP) is 3.24. The van der Waals surface area contributed by atoms with Crippen LogP contribution in [0.3, 0.4) is 0 Å². The molecule has 0 aliphatic carbocycles. The van der Waals surface area contributed by atoms with Crippen LogP contribution in [0.15, 0.2) is 24.3 Å². The first-order valence-corrected chi connectivity index (χ1v) is 8.72. The molecule has 23 heavy (non-hydrogen) atoms. The van der Waals surface area contributed by atoms with Crippen LogP contribution in [0.5, 0.6) is 0 Å². The van der Waals surface area contributed by atoms with Crippen molar-refractivity contribution in [3.8, 4) is 0 Å². The first-order valence-electron chi connectivity index (χ1n) is 8.72. The van der Waals surface area contributed by atoms with E-state index in [1.807, 2.05) is 13.0 Å². The summed E-state index contributed by atoms with van der Waals surface area (Å²) in [6, 6.07) is 7.02. The lowest BCUT2D eigenvalue weighted by Crippen LogP contribution is -2.46. The van der Waals surface area contributed by atoms with Crippen molar-refractivity contribution in [1.29, 1.82) is 0 Å². The van der Waals surface area contributed by atoms with Gasteiger partial charge < -0.3 is 5.32 Å². The zero-order chi connectivity index (χ0) is 16.8. The number of amides is 1. The maximum absolute atomic E-state index is 13.7. The molecule has 2 unspecified atom stereocenters. The normalized spacial score (nSPS) is 19.3. The minimum absolute atomic E-state index is 0.00507. The Kier molecular flexibility index (Phi) is 6.58. The number of rotatable bonds is 6. The third-order valence-electron chi connectivity index (χ3n) is 4.94. The van der Waals surface area contributed by atoms with Crippen molar-refractivity contribution in [2.24, 2.45) is 11.8 Å². The number of piperidine rings is 1. The van der Waals surface area contributed by atoms with Crippen molar-refractivity contribution in [2.45, 2.75) is 46.1 Å². The van der Waals surface area contributed by atoms with Gasteiger partial charge in [0.1, 0.15) is 5.82 Å². The Balaban J connectivity index is 1.76. The summed E-state index contributed by atoms with van der Waals surface area (Å²) in [6.07, 6.45) is 2.91. The summed E-state index contributed by atoms with van der Waals surface area (Å²) in [4.78, 5) is 14.7. The Morgan fingerprint density at radius 1 is 1.30 bits per heavy atom. The Morgan fingerprint density at radius 3 is 2.61 bits per heavy atom. The van der Waals surface area contributed by atoms with Gasteiger partial charge in [-0.25, -0.2) is 4.39 Å². The molecule has 4 heteroatoms. The van der Waals surface area contributed by atoms with Crippen molar-refractivity contribution in [1.82, 2.24) is 10.2 Å². The number of hydrogen-bond donors (Lipinski definition) is 1. The van der Waals surface area contributed by atoms with Crippen LogP contribution in [0.2, 0.25) is 0 Å². The van der Waals surface area contributed by atoms with E-state index in [1.165, 1.54) is 18.9 Å². The quantitative estimate of drug-likeness (QED) is 0.873. The molecule has 1 fully saturated rings. The number of hydrogen-bond acceptors (Lipinski definition) is 2. The van der Waals surface area contributed by atoms with Gasteiger partial charge in [0.05, 0.1) is 0 Å². The Morgan fingerprint density at radius 2 is 1.96 bits per heavy atom. The number of halogens is 1. The van der Waals surface area contributed by atoms with Gasteiger partial charge in [-0.05, 0) is 56.8 Å². The van der Waals surface area contributed by atoms with E-state index in [1.54, 1.807) is 12.1 Å². The number of carbonyl (C=O) groups is 1. The highest BCUT2D eigenvalue weighted by molar-refractivity contribution is 5.78. The van der Waals surface area contributed by atoms with Crippen LogP contribution in [-0.2, 0) is 11.2 Å². The van der Waals surface area contributed by atoms with E-state index < -0.39 is 0 Å².